The molecule has 1 unspecified atom stereocenters. The van der Waals surface area contributed by atoms with Gasteiger partial charge in [-0.15, -0.1) is 0 Å². The van der Waals surface area contributed by atoms with Gasteiger partial charge in [0.25, 0.3) is 0 Å². The number of nitrogens with zero attached hydrogens (tertiary/aromatic N) is 2. The summed E-state index contributed by atoms with van der Waals surface area (Å²) in [6.07, 6.45) is 0.874. The average Bonchev–Trinajstić information content (AvgIpc) is 2.60. The monoisotopic (exact) mass is 223 g/mol. The fraction of sp³-hybridized carbons (Fsp3) is 0.750. The maximum absolute atomic E-state index is 5.73. The summed E-state index contributed by atoms with van der Waals surface area (Å²) in [5.74, 6) is 1.89. The molecule has 0 radical (unpaired) electrons. The highest BCUT2D eigenvalue weighted by Gasteiger charge is 2.18. The lowest BCUT2D eigenvalue weighted by atomic mass is 10.2. The van der Waals surface area contributed by atoms with Crippen LogP contribution in [-0.4, -0.2) is 35.6 Å². The third-order valence-corrected chi connectivity index (χ3v) is 3.06. The fourth-order valence-corrected chi connectivity index (χ4v) is 2.15. The zero-order valence-corrected chi connectivity index (χ0v) is 10.4. The molecule has 0 aromatic carbocycles. The van der Waals surface area contributed by atoms with Crippen molar-refractivity contribution in [3.05, 3.63) is 17.3 Å². The van der Waals surface area contributed by atoms with Crippen molar-refractivity contribution in [2.45, 2.75) is 39.8 Å². The molecule has 0 aliphatic carbocycles. The van der Waals surface area contributed by atoms with E-state index in [2.05, 4.69) is 29.0 Å². The van der Waals surface area contributed by atoms with Crippen LogP contribution in [0.15, 0.2) is 4.42 Å². The number of nitrogens with one attached hydrogen (secondary N) is 1. The minimum Gasteiger partial charge on any atom is -0.444 e. The molecule has 90 valence electrons. The van der Waals surface area contributed by atoms with Gasteiger partial charge in [0.15, 0.2) is 5.89 Å². The first kappa shape index (κ1) is 11.6. The molecule has 4 nitrogen and oxygen atoms in total. The Hall–Kier alpha value is -0.870. The van der Waals surface area contributed by atoms with Crippen LogP contribution in [0.1, 0.15) is 31.2 Å². The Balaban J connectivity index is 1.99. The quantitative estimate of drug-likeness (QED) is 0.839. The van der Waals surface area contributed by atoms with Crippen molar-refractivity contribution in [1.82, 2.24) is 15.2 Å². The molecule has 0 amide bonds. The van der Waals surface area contributed by atoms with Gasteiger partial charge < -0.3 is 9.73 Å². The van der Waals surface area contributed by atoms with E-state index in [0.717, 1.165) is 49.9 Å². The van der Waals surface area contributed by atoms with Crippen molar-refractivity contribution < 1.29 is 4.42 Å². The van der Waals surface area contributed by atoms with Gasteiger partial charge in [0.05, 0.1) is 12.2 Å². The van der Waals surface area contributed by atoms with E-state index in [4.69, 9.17) is 4.42 Å². The Kier molecular flexibility index (Phi) is 3.61. The summed E-state index contributed by atoms with van der Waals surface area (Å²) in [5, 5.41) is 3.44. The second-order valence-electron chi connectivity index (χ2n) is 4.56. The van der Waals surface area contributed by atoms with Gasteiger partial charge in [0.1, 0.15) is 5.76 Å². The van der Waals surface area contributed by atoms with Crippen molar-refractivity contribution >= 4 is 0 Å². The first-order valence-electron chi connectivity index (χ1n) is 6.10. The molecule has 1 aromatic rings. The molecular weight excluding hydrogens is 202 g/mol. The zero-order valence-electron chi connectivity index (χ0n) is 10.4. The van der Waals surface area contributed by atoms with E-state index in [0.29, 0.717) is 6.04 Å². The van der Waals surface area contributed by atoms with Crippen LogP contribution in [0.4, 0.5) is 0 Å². The van der Waals surface area contributed by atoms with Crippen LogP contribution in [0, 0.1) is 6.92 Å². The predicted molar refractivity (Wildman–Crippen MR) is 63.4 cm³/mol. The first-order chi connectivity index (χ1) is 7.69. The molecule has 1 aromatic heterocycles. The molecule has 1 N–H and O–H groups in total. The number of aryl methyl sites for hydroxylation is 2. The SMILES string of the molecule is CCc1nc(C)c(CN2CCNC(C)C2)o1. The number of oxazole rings is 1. The van der Waals surface area contributed by atoms with E-state index >= 15 is 0 Å². The number of aromatic nitrogens is 1. The number of hydrogen-bond donors (Lipinski definition) is 1. The standard InChI is InChI=1S/C12H21N3O/c1-4-12-14-10(3)11(16-12)8-15-6-5-13-9(2)7-15/h9,13H,4-8H2,1-3H3. The van der Waals surface area contributed by atoms with E-state index in [-0.39, 0.29) is 0 Å². The molecule has 2 rings (SSSR count). The maximum atomic E-state index is 5.73. The van der Waals surface area contributed by atoms with Crippen molar-refractivity contribution in [3.63, 3.8) is 0 Å². The molecular formula is C12H21N3O. The molecule has 0 saturated carbocycles. The van der Waals surface area contributed by atoms with Crippen LogP contribution in [0.2, 0.25) is 0 Å². The van der Waals surface area contributed by atoms with Crippen LogP contribution >= 0.6 is 0 Å². The second kappa shape index (κ2) is 4.97. The summed E-state index contributed by atoms with van der Waals surface area (Å²) in [6.45, 7) is 10.5. The summed E-state index contributed by atoms with van der Waals surface area (Å²) in [5.41, 5.74) is 1.04. The molecule has 1 saturated heterocycles. The van der Waals surface area contributed by atoms with Crippen LogP contribution < -0.4 is 5.32 Å². The van der Waals surface area contributed by atoms with Gasteiger partial charge in [-0.2, -0.15) is 0 Å². The Morgan fingerprint density at radius 1 is 1.56 bits per heavy atom. The first-order valence-corrected chi connectivity index (χ1v) is 6.10. The molecule has 0 bridgehead atoms. The topological polar surface area (TPSA) is 41.3 Å². The lowest BCUT2D eigenvalue weighted by molar-refractivity contribution is 0.185. The molecule has 1 fully saturated rings. The number of piperazine rings is 1. The maximum Gasteiger partial charge on any atom is 0.194 e. The molecule has 0 spiro atoms. The highest BCUT2D eigenvalue weighted by Crippen LogP contribution is 2.14. The summed E-state index contributed by atoms with van der Waals surface area (Å²) in [6, 6.07) is 0.572. The smallest absolute Gasteiger partial charge is 0.194 e. The summed E-state index contributed by atoms with van der Waals surface area (Å²) >= 11 is 0. The van der Waals surface area contributed by atoms with E-state index in [1.54, 1.807) is 0 Å². The predicted octanol–water partition coefficient (Wildman–Crippen LogP) is 1.34. The normalized spacial score (nSPS) is 22.6. The molecule has 1 atom stereocenters. The molecule has 2 heterocycles. The molecule has 4 heteroatoms. The van der Waals surface area contributed by atoms with Gasteiger partial charge in [-0.25, -0.2) is 4.98 Å². The Morgan fingerprint density at radius 2 is 2.38 bits per heavy atom. The lowest BCUT2D eigenvalue weighted by Crippen LogP contribution is -2.48. The van der Waals surface area contributed by atoms with Crippen molar-refractivity contribution in [1.29, 1.82) is 0 Å². The minimum atomic E-state index is 0.572. The van der Waals surface area contributed by atoms with E-state index in [1.807, 2.05) is 6.92 Å². The van der Waals surface area contributed by atoms with Crippen molar-refractivity contribution in [3.8, 4) is 0 Å². The lowest BCUT2D eigenvalue weighted by Gasteiger charge is -2.31. The van der Waals surface area contributed by atoms with Gasteiger partial charge in [0, 0.05) is 32.1 Å². The van der Waals surface area contributed by atoms with Crippen molar-refractivity contribution in [2.75, 3.05) is 19.6 Å². The zero-order chi connectivity index (χ0) is 11.5. The summed E-state index contributed by atoms with van der Waals surface area (Å²) < 4.78 is 5.73. The summed E-state index contributed by atoms with van der Waals surface area (Å²) in [4.78, 5) is 6.83. The van der Waals surface area contributed by atoms with Crippen LogP contribution in [-0.2, 0) is 13.0 Å². The van der Waals surface area contributed by atoms with Gasteiger partial charge >= 0.3 is 0 Å². The van der Waals surface area contributed by atoms with Gasteiger partial charge in [-0.3, -0.25) is 4.90 Å². The largest absolute Gasteiger partial charge is 0.444 e. The second-order valence-corrected chi connectivity index (χ2v) is 4.56. The highest BCUT2D eigenvalue weighted by atomic mass is 16.4. The Morgan fingerprint density at radius 3 is 3.00 bits per heavy atom. The molecule has 1 aliphatic rings. The third kappa shape index (κ3) is 2.62. The van der Waals surface area contributed by atoms with E-state index in [9.17, 15) is 0 Å². The van der Waals surface area contributed by atoms with Gasteiger partial charge in [-0.1, -0.05) is 6.92 Å². The van der Waals surface area contributed by atoms with Crippen LogP contribution in [0.25, 0.3) is 0 Å². The average molecular weight is 223 g/mol. The van der Waals surface area contributed by atoms with E-state index < -0.39 is 0 Å². The van der Waals surface area contributed by atoms with Gasteiger partial charge in [-0.05, 0) is 13.8 Å². The van der Waals surface area contributed by atoms with Crippen molar-refractivity contribution in [2.24, 2.45) is 0 Å². The highest BCUT2D eigenvalue weighted by molar-refractivity contribution is 5.08. The fourth-order valence-electron chi connectivity index (χ4n) is 2.15. The van der Waals surface area contributed by atoms with Crippen LogP contribution in [0.5, 0.6) is 0 Å². The minimum absolute atomic E-state index is 0.572. The molecule has 16 heavy (non-hydrogen) atoms. The number of hydrogen-bond acceptors (Lipinski definition) is 4. The third-order valence-electron chi connectivity index (χ3n) is 3.06. The Labute approximate surface area is 97.0 Å². The molecule has 1 aliphatic heterocycles. The number of rotatable bonds is 3. The van der Waals surface area contributed by atoms with E-state index in [1.165, 1.54) is 0 Å². The van der Waals surface area contributed by atoms with Crippen LogP contribution in [0.3, 0.4) is 0 Å². The Bertz CT molecular complexity index is 348. The summed E-state index contributed by atoms with van der Waals surface area (Å²) in [7, 11) is 0. The van der Waals surface area contributed by atoms with Gasteiger partial charge in [0.2, 0.25) is 0 Å².